The van der Waals surface area contributed by atoms with Gasteiger partial charge in [0.25, 0.3) is 0 Å². The summed E-state index contributed by atoms with van der Waals surface area (Å²) in [6.07, 6.45) is 0.251. The van der Waals surface area contributed by atoms with Crippen molar-refractivity contribution in [3.8, 4) is 0 Å². The Kier molecular flexibility index (Phi) is 6.58. The molecule has 0 aromatic rings. The number of hydrogen-bond acceptors (Lipinski definition) is 4. The molecule has 0 aromatic carbocycles. The van der Waals surface area contributed by atoms with Gasteiger partial charge in [-0.25, -0.2) is 4.89 Å². The molecule has 0 aliphatic rings. The minimum absolute atomic E-state index is 0.156. The summed E-state index contributed by atoms with van der Waals surface area (Å²) in [6.45, 7) is 14.8. The van der Waals surface area contributed by atoms with E-state index >= 15 is 0 Å². The van der Waals surface area contributed by atoms with Crippen LogP contribution in [0.2, 0.25) is 18.1 Å². The maximum Gasteiger partial charge on any atom is 0.191 e. The lowest BCUT2D eigenvalue weighted by atomic mass is 10.1. The number of rotatable bonds is 7. The van der Waals surface area contributed by atoms with Gasteiger partial charge in [0.2, 0.25) is 0 Å². The van der Waals surface area contributed by atoms with E-state index < -0.39 is 20.5 Å². The van der Waals surface area contributed by atoms with Crippen molar-refractivity contribution in [2.75, 3.05) is 6.61 Å². The summed E-state index contributed by atoms with van der Waals surface area (Å²) < 4.78 is 5.91. The summed E-state index contributed by atoms with van der Waals surface area (Å²) in [7, 11) is -1.77. The maximum atomic E-state index is 9.69. The zero-order valence-corrected chi connectivity index (χ0v) is 12.6. The summed E-state index contributed by atoms with van der Waals surface area (Å²) in [5, 5.41) is 18.4. The van der Waals surface area contributed by atoms with Gasteiger partial charge in [0.15, 0.2) is 8.32 Å². The average Bonchev–Trinajstić information content (AvgIpc) is 2.17. The number of aliphatic hydroxyl groups excluding tert-OH is 1. The fourth-order valence-electron chi connectivity index (χ4n) is 1.09. The normalized spacial score (nSPS) is 16.6. The van der Waals surface area contributed by atoms with Gasteiger partial charge < -0.3 is 9.53 Å². The molecule has 0 fully saturated rings. The first-order valence-electron chi connectivity index (χ1n) is 5.90. The van der Waals surface area contributed by atoms with Crippen molar-refractivity contribution >= 4 is 8.32 Å². The lowest BCUT2D eigenvalue weighted by molar-refractivity contribution is -0.283. The third-order valence-corrected chi connectivity index (χ3v) is 7.95. The minimum Gasteiger partial charge on any atom is -0.417 e. The van der Waals surface area contributed by atoms with Gasteiger partial charge in [0.1, 0.15) is 6.10 Å². The molecule has 0 aliphatic heterocycles. The predicted molar refractivity (Wildman–Crippen MR) is 71.5 cm³/mol. The van der Waals surface area contributed by atoms with Gasteiger partial charge in [-0.05, 0) is 24.6 Å². The third kappa shape index (κ3) is 5.31. The van der Waals surface area contributed by atoms with Crippen LogP contribution in [0.5, 0.6) is 0 Å². The SMILES string of the molecule is C=C[C@H](OO)[C@H](O)CCO[Si](C)(C)C(C)(C)C. The topological polar surface area (TPSA) is 58.9 Å². The second-order valence-electron chi connectivity index (χ2n) is 5.77. The molecule has 102 valence electrons. The molecule has 0 radical (unpaired) electrons. The largest absolute Gasteiger partial charge is 0.417 e. The zero-order chi connectivity index (χ0) is 13.7. The summed E-state index contributed by atoms with van der Waals surface area (Å²) in [5.41, 5.74) is 0. The molecule has 0 saturated carbocycles. The molecule has 4 nitrogen and oxygen atoms in total. The van der Waals surface area contributed by atoms with Gasteiger partial charge in [0, 0.05) is 6.61 Å². The predicted octanol–water partition coefficient (Wildman–Crippen LogP) is 2.80. The molecule has 0 spiro atoms. The summed E-state index contributed by atoms with van der Waals surface area (Å²) >= 11 is 0. The molecular formula is C12H26O4Si. The van der Waals surface area contributed by atoms with E-state index in [0.717, 1.165) is 0 Å². The molecule has 0 aromatic heterocycles. The molecule has 2 atom stereocenters. The molecule has 0 aliphatic carbocycles. The fraction of sp³-hybridized carbons (Fsp3) is 0.833. The van der Waals surface area contributed by atoms with Crippen molar-refractivity contribution in [3.05, 3.63) is 12.7 Å². The lowest BCUT2D eigenvalue weighted by Gasteiger charge is -2.36. The summed E-state index contributed by atoms with van der Waals surface area (Å²) in [6, 6.07) is 0. The Morgan fingerprint density at radius 1 is 1.35 bits per heavy atom. The molecule has 17 heavy (non-hydrogen) atoms. The third-order valence-electron chi connectivity index (χ3n) is 3.42. The Morgan fingerprint density at radius 3 is 2.24 bits per heavy atom. The molecule has 2 N–H and O–H groups in total. The van der Waals surface area contributed by atoms with Gasteiger partial charge in [-0.1, -0.05) is 26.8 Å². The van der Waals surface area contributed by atoms with Gasteiger partial charge in [-0.15, -0.1) is 6.58 Å². The molecule has 0 amide bonds. The van der Waals surface area contributed by atoms with Gasteiger partial charge >= 0.3 is 0 Å². The average molecular weight is 262 g/mol. The van der Waals surface area contributed by atoms with Crippen molar-refractivity contribution in [1.82, 2.24) is 0 Å². The van der Waals surface area contributed by atoms with Gasteiger partial charge in [0.05, 0.1) is 6.10 Å². The van der Waals surface area contributed by atoms with E-state index in [1.165, 1.54) is 6.08 Å². The van der Waals surface area contributed by atoms with Crippen LogP contribution in [0, 0.1) is 0 Å². The Labute approximate surface area is 105 Å². The fourth-order valence-corrected chi connectivity index (χ4v) is 2.15. The van der Waals surface area contributed by atoms with Crippen molar-refractivity contribution in [3.63, 3.8) is 0 Å². The van der Waals surface area contributed by atoms with Crippen LogP contribution in [0.3, 0.4) is 0 Å². The maximum absolute atomic E-state index is 9.69. The van der Waals surface area contributed by atoms with Gasteiger partial charge in [-0.3, -0.25) is 5.26 Å². The second-order valence-corrected chi connectivity index (χ2v) is 10.6. The first-order valence-corrected chi connectivity index (χ1v) is 8.81. The van der Waals surface area contributed by atoms with E-state index in [1.54, 1.807) is 0 Å². The van der Waals surface area contributed by atoms with Crippen LogP contribution in [0.15, 0.2) is 12.7 Å². The van der Waals surface area contributed by atoms with Crippen LogP contribution in [0.4, 0.5) is 0 Å². The van der Waals surface area contributed by atoms with Crippen molar-refractivity contribution in [2.24, 2.45) is 0 Å². The Balaban J connectivity index is 4.11. The van der Waals surface area contributed by atoms with Crippen LogP contribution in [0.1, 0.15) is 27.2 Å². The first-order chi connectivity index (χ1) is 7.65. The monoisotopic (exact) mass is 262 g/mol. The molecule has 0 saturated heterocycles. The molecular weight excluding hydrogens is 236 g/mol. The molecule has 0 rings (SSSR count). The Bertz CT molecular complexity index is 235. The number of hydrogen-bond donors (Lipinski definition) is 2. The molecule has 0 bridgehead atoms. The van der Waals surface area contributed by atoms with Crippen LogP contribution in [-0.2, 0) is 9.31 Å². The van der Waals surface area contributed by atoms with Crippen LogP contribution in [0.25, 0.3) is 0 Å². The number of aliphatic hydroxyl groups is 1. The van der Waals surface area contributed by atoms with E-state index in [9.17, 15) is 5.11 Å². The quantitative estimate of drug-likeness (QED) is 0.320. The summed E-state index contributed by atoms with van der Waals surface area (Å²) in [5.74, 6) is 0. The lowest BCUT2D eigenvalue weighted by Crippen LogP contribution is -2.41. The van der Waals surface area contributed by atoms with Gasteiger partial charge in [-0.2, -0.15) is 0 Å². The zero-order valence-electron chi connectivity index (χ0n) is 11.6. The highest BCUT2D eigenvalue weighted by atomic mass is 28.4. The van der Waals surface area contributed by atoms with E-state index in [4.69, 9.17) is 9.68 Å². The molecule has 0 heterocycles. The van der Waals surface area contributed by atoms with Crippen LogP contribution in [-0.4, -0.2) is 37.5 Å². The summed E-state index contributed by atoms with van der Waals surface area (Å²) in [4.78, 5) is 4.10. The van der Waals surface area contributed by atoms with Crippen LogP contribution < -0.4 is 0 Å². The van der Waals surface area contributed by atoms with Crippen molar-refractivity contribution < 1.29 is 19.7 Å². The smallest absolute Gasteiger partial charge is 0.191 e. The van der Waals surface area contributed by atoms with E-state index in [-0.39, 0.29) is 5.04 Å². The Morgan fingerprint density at radius 2 is 1.88 bits per heavy atom. The molecule has 5 heteroatoms. The van der Waals surface area contributed by atoms with Crippen LogP contribution >= 0.6 is 0 Å². The highest BCUT2D eigenvalue weighted by Gasteiger charge is 2.37. The minimum atomic E-state index is -1.77. The van der Waals surface area contributed by atoms with E-state index in [0.29, 0.717) is 13.0 Å². The van der Waals surface area contributed by atoms with Crippen molar-refractivity contribution in [1.29, 1.82) is 0 Å². The van der Waals surface area contributed by atoms with E-state index in [2.05, 4.69) is 45.3 Å². The highest BCUT2D eigenvalue weighted by molar-refractivity contribution is 6.74. The molecule has 0 unspecified atom stereocenters. The first kappa shape index (κ1) is 16.8. The Hall–Kier alpha value is -0.203. The van der Waals surface area contributed by atoms with E-state index in [1.807, 2.05) is 0 Å². The standard InChI is InChI=1S/C12H26O4Si/c1-7-11(16-14)10(13)8-9-15-17(5,6)12(2,3)4/h7,10-11,13-14H,1,8-9H2,2-6H3/t10-,11+/m1/s1. The van der Waals surface area contributed by atoms with Crippen molar-refractivity contribution in [2.45, 2.75) is 57.5 Å². The second kappa shape index (κ2) is 6.66. The highest BCUT2D eigenvalue weighted by Crippen LogP contribution is 2.36.